The van der Waals surface area contributed by atoms with Gasteiger partial charge in [-0.15, -0.1) is 0 Å². The topological polar surface area (TPSA) is 29.3 Å². The number of hydrogen-bond donors (Lipinski definition) is 1. The predicted molar refractivity (Wildman–Crippen MR) is 63.5 cm³/mol. The minimum Gasteiger partial charge on any atom is -0.371 e. The average molecular weight is 255 g/mol. The van der Waals surface area contributed by atoms with E-state index < -0.39 is 0 Å². The van der Waals surface area contributed by atoms with Gasteiger partial charge in [-0.1, -0.05) is 15.9 Å². The van der Waals surface area contributed by atoms with E-state index in [0.29, 0.717) is 5.92 Å². The molecule has 1 aliphatic heterocycles. The molecule has 3 heteroatoms. The van der Waals surface area contributed by atoms with Gasteiger partial charge in [0.2, 0.25) is 0 Å². The van der Waals surface area contributed by atoms with E-state index in [9.17, 15) is 0 Å². The van der Waals surface area contributed by atoms with Crippen molar-refractivity contribution < 1.29 is 0 Å². The van der Waals surface area contributed by atoms with Crippen LogP contribution in [0.3, 0.4) is 0 Å². The fourth-order valence-electron chi connectivity index (χ4n) is 1.91. The Morgan fingerprint density at radius 2 is 2.07 bits per heavy atom. The zero-order valence-electron chi connectivity index (χ0n) is 8.12. The third-order valence-corrected chi connectivity index (χ3v) is 3.34. The summed E-state index contributed by atoms with van der Waals surface area (Å²) in [6.07, 6.45) is 1.23. The van der Waals surface area contributed by atoms with Crippen LogP contribution in [0.2, 0.25) is 0 Å². The lowest BCUT2D eigenvalue weighted by molar-refractivity contribution is 0.602. The molecule has 0 radical (unpaired) electrons. The van der Waals surface area contributed by atoms with Crippen molar-refractivity contribution in [1.82, 2.24) is 0 Å². The van der Waals surface area contributed by atoms with Crippen LogP contribution in [-0.4, -0.2) is 19.6 Å². The maximum Gasteiger partial charge on any atom is 0.0367 e. The summed E-state index contributed by atoms with van der Waals surface area (Å²) in [7, 11) is 0. The summed E-state index contributed by atoms with van der Waals surface area (Å²) in [6, 6.07) is 8.49. The number of benzene rings is 1. The first kappa shape index (κ1) is 9.99. The Morgan fingerprint density at radius 3 is 2.64 bits per heavy atom. The second kappa shape index (κ2) is 4.32. The van der Waals surface area contributed by atoms with Crippen LogP contribution in [0.4, 0.5) is 5.69 Å². The van der Waals surface area contributed by atoms with Crippen molar-refractivity contribution in [2.24, 2.45) is 11.7 Å². The molecule has 2 N–H and O–H groups in total. The Kier molecular flexibility index (Phi) is 3.08. The Labute approximate surface area is 93.2 Å². The molecule has 2 rings (SSSR count). The molecule has 1 aromatic rings. The van der Waals surface area contributed by atoms with Crippen LogP contribution in [0.5, 0.6) is 0 Å². The molecule has 0 aromatic heterocycles. The Bertz CT molecular complexity index is 297. The molecule has 0 saturated carbocycles. The number of halogens is 1. The van der Waals surface area contributed by atoms with Crippen LogP contribution in [-0.2, 0) is 0 Å². The summed E-state index contributed by atoms with van der Waals surface area (Å²) in [6.45, 7) is 3.06. The van der Waals surface area contributed by atoms with Crippen LogP contribution in [0.15, 0.2) is 28.7 Å². The first-order valence-corrected chi connectivity index (χ1v) is 5.79. The summed E-state index contributed by atoms with van der Waals surface area (Å²) < 4.78 is 1.14. The summed E-state index contributed by atoms with van der Waals surface area (Å²) in [5.74, 6) is 0.679. The number of hydrogen-bond acceptors (Lipinski definition) is 2. The third-order valence-electron chi connectivity index (χ3n) is 2.81. The van der Waals surface area contributed by atoms with Gasteiger partial charge in [-0.2, -0.15) is 0 Å². The zero-order valence-corrected chi connectivity index (χ0v) is 9.70. The van der Waals surface area contributed by atoms with Crippen molar-refractivity contribution in [3.63, 3.8) is 0 Å². The second-order valence-corrected chi connectivity index (χ2v) is 4.73. The van der Waals surface area contributed by atoms with Gasteiger partial charge < -0.3 is 10.6 Å². The molecule has 0 unspecified atom stereocenters. The van der Waals surface area contributed by atoms with Crippen molar-refractivity contribution >= 4 is 21.6 Å². The fraction of sp³-hybridized carbons (Fsp3) is 0.455. The molecule has 0 aliphatic carbocycles. The van der Waals surface area contributed by atoms with Gasteiger partial charge in [0.1, 0.15) is 0 Å². The van der Waals surface area contributed by atoms with Gasteiger partial charge in [-0.25, -0.2) is 0 Å². The van der Waals surface area contributed by atoms with Gasteiger partial charge in [0.15, 0.2) is 0 Å². The van der Waals surface area contributed by atoms with Crippen LogP contribution < -0.4 is 10.6 Å². The largest absolute Gasteiger partial charge is 0.371 e. The van der Waals surface area contributed by atoms with Gasteiger partial charge in [0.25, 0.3) is 0 Å². The lowest BCUT2D eigenvalue weighted by atomic mass is 10.1. The number of anilines is 1. The van der Waals surface area contributed by atoms with E-state index in [1.807, 2.05) is 0 Å². The monoisotopic (exact) mass is 254 g/mol. The SMILES string of the molecule is NC[C@H]1CCN(c2ccc(Br)cc2)C1. The zero-order chi connectivity index (χ0) is 9.97. The lowest BCUT2D eigenvalue weighted by Crippen LogP contribution is -2.22. The van der Waals surface area contributed by atoms with Crippen molar-refractivity contribution in [2.75, 3.05) is 24.5 Å². The summed E-state index contributed by atoms with van der Waals surface area (Å²) in [4.78, 5) is 2.41. The Morgan fingerprint density at radius 1 is 1.36 bits per heavy atom. The van der Waals surface area contributed by atoms with Crippen LogP contribution >= 0.6 is 15.9 Å². The highest BCUT2D eigenvalue weighted by Gasteiger charge is 2.20. The molecular formula is C11H15BrN2. The highest BCUT2D eigenvalue weighted by molar-refractivity contribution is 9.10. The third kappa shape index (κ3) is 2.10. The Balaban J connectivity index is 2.06. The first-order valence-electron chi connectivity index (χ1n) is 5.00. The quantitative estimate of drug-likeness (QED) is 0.878. The number of nitrogens with two attached hydrogens (primary N) is 1. The highest BCUT2D eigenvalue weighted by Crippen LogP contribution is 2.24. The van der Waals surface area contributed by atoms with Crippen molar-refractivity contribution in [2.45, 2.75) is 6.42 Å². The minimum atomic E-state index is 0.679. The molecule has 14 heavy (non-hydrogen) atoms. The Hall–Kier alpha value is -0.540. The standard InChI is InChI=1S/C11H15BrN2/c12-10-1-3-11(4-2-10)14-6-5-9(7-13)8-14/h1-4,9H,5-8,13H2/t9-/m1/s1. The van der Waals surface area contributed by atoms with Crippen LogP contribution in [0, 0.1) is 5.92 Å². The molecule has 1 aliphatic rings. The van der Waals surface area contributed by atoms with Crippen molar-refractivity contribution in [3.05, 3.63) is 28.7 Å². The molecule has 1 saturated heterocycles. The maximum absolute atomic E-state index is 5.66. The molecule has 0 spiro atoms. The van der Waals surface area contributed by atoms with Gasteiger partial charge in [-0.3, -0.25) is 0 Å². The number of nitrogens with zero attached hydrogens (tertiary/aromatic N) is 1. The average Bonchev–Trinajstić information content (AvgIpc) is 2.67. The van der Waals surface area contributed by atoms with Crippen molar-refractivity contribution in [3.8, 4) is 0 Å². The molecule has 76 valence electrons. The van der Waals surface area contributed by atoms with E-state index in [-0.39, 0.29) is 0 Å². The maximum atomic E-state index is 5.66. The van der Waals surface area contributed by atoms with Gasteiger partial charge in [0.05, 0.1) is 0 Å². The first-order chi connectivity index (χ1) is 6.79. The van der Waals surface area contributed by atoms with E-state index in [1.165, 1.54) is 12.1 Å². The van der Waals surface area contributed by atoms with Gasteiger partial charge in [0, 0.05) is 23.2 Å². The van der Waals surface area contributed by atoms with Crippen LogP contribution in [0.25, 0.3) is 0 Å². The van der Waals surface area contributed by atoms with Crippen LogP contribution in [0.1, 0.15) is 6.42 Å². The minimum absolute atomic E-state index is 0.679. The summed E-state index contributed by atoms with van der Waals surface area (Å²) in [5, 5.41) is 0. The molecule has 2 nitrogen and oxygen atoms in total. The fourth-order valence-corrected chi connectivity index (χ4v) is 2.18. The van der Waals surface area contributed by atoms with Crippen molar-refractivity contribution in [1.29, 1.82) is 0 Å². The van der Waals surface area contributed by atoms with E-state index in [0.717, 1.165) is 24.1 Å². The smallest absolute Gasteiger partial charge is 0.0367 e. The van der Waals surface area contributed by atoms with Gasteiger partial charge in [-0.05, 0) is 43.1 Å². The molecule has 1 heterocycles. The molecular weight excluding hydrogens is 240 g/mol. The van der Waals surface area contributed by atoms with E-state index in [4.69, 9.17) is 5.73 Å². The molecule has 1 fully saturated rings. The molecule has 1 atom stereocenters. The molecule has 1 aromatic carbocycles. The summed E-state index contributed by atoms with van der Waals surface area (Å²) in [5.41, 5.74) is 6.97. The second-order valence-electron chi connectivity index (χ2n) is 3.81. The van der Waals surface area contributed by atoms with Gasteiger partial charge >= 0.3 is 0 Å². The molecule has 0 bridgehead atoms. The summed E-state index contributed by atoms with van der Waals surface area (Å²) >= 11 is 3.44. The van der Waals surface area contributed by atoms with E-state index in [1.54, 1.807) is 0 Å². The van der Waals surface area contributed by atoms with E-state index >= 15 is 0 Å². The molecule has 0 amide bonds. The highest BCUT2D eigenvalue weighted by atomic mass is 79.9. The van der Waals surface area contributed by atoms with E-state index in [2.05, 4.69) is 45.1 Å². The number of rotatable bonds is 2. The normalized spacial score (nSPS) is 21.6. The predicted octanol–water partition coefficient (Wildman–Crippen LogP) is 2.23. The lowest BCUT2D eigenvalue weighted by Gasteiger charge is -2.18.